The van der Waals surface area contributed by atoms with Crippen molar-refractivity contribution >= 4 is 23.2 Å². The Morgan fingerprint density at radius 3 is 2.40 bits per heavy atom. The molecule has 1 aliphatic rings. The summed E-state index contributed by atoms with van der Waals surface area (Å²) in [5.74, 6) is -1.23. The second kappa shape index (κ2) is 7.08. The number of hydrogen-bond donors (Lipinski definition) is 0. The molecule has 7 heteroatoms. The van der Waals surface area contributed by atoms with Gasteiger partial charge >= 0.3 is 0 Å². The number of anilines is 1. The zero-order valence-electron chi connectivity index (χ0n) is 13.2. The second-order valence-electron chi connectivity index (χ2n) is 5.68. The molecule has 3 rings (SSSR count). The van der Waals surface area contributed by atoms with Gasteiger partial charge in [0.2, 0.25) is 0 Å². The molecule has 0 aliphatic carbocycles. The van der Waals surface area contributed by atoms with Gasteiger partial charge in [-0.25, -0.2) is 8.78 Å². The number of amides is 1. The number of hydrogen-bond acceptors (Lipinski definition) is 3. The highest BCUT2D eigenvalue weighted by atomic mass is 35.5. The van der Waals surface area contributed by atoms with Crippen LogP contribution in [0, 0.1) is 23.0 Å². The molecule has 25 heavy (non-hydrogen) atoms. The maximum Gasteiger partial charge on any atom is 0.255 e. The molecule has 0 aromatic heterocycles. The van der Waals surface area contributed by atoms with Crippen LogP contribution in [-0.2, 0) is 0 Å². The third kappa shape index (κ3) is 3.57. The topological polar surface area (TPSA) is 47.3 Å². The number of carbonyl (C=O) groups excluding carboxylic acids is 1. The summed E-state index contributed by atoms with van der Waals surface area (Å²) in [6.45, 7) is 1.69. The highest BCUT2D eigenvalue weighted by molar-refractivity contribution is 6.33. The molecular weight excluding hydrogens is 348 g/mol. The normalized spacial score (nSPS) is 14.3. The monoisotopic (exact) mass is 361 g/mol. The minimum Gasteiger partial charge on any atom is -0.366 e. The molecular formula is C18H14ClF2N3O. The Hall–Kier alpha value is -2.65. The van der Waals surface area contributed by atoms with Crippen molar-refractivity contribution in [3.63, 3.8) is 0 Å². The van der Waals surface area contributed by atoms with E-state index in [-0.39, 0.29) is 22.1 Å². The molecule has 128 valence electrons. The van der Waals surface area contributed by atoms with Crippen LogP contribution in [0.2, 0.25) is 5.02 Å². The first-order chi connectivity index (χ1) is 12.0. The van der Waals surface area contributed by atoms with E-state index in [1.807, 2.05) is 11.0 Å². The Kier molecular flexibility index (Phi) is 4.86. The fourth-order valence-electron chi connectivity index (χ4n) is 2.82. The van der Waals surface area contributed by atoms with Gasteiger partial charge in [-0.05, 0) is 36.4 Å². The van der Waals surface area contributed by atoms with Gasteiger partial charge in [-0.2, -0.15) is 5.26 Å². The number of carbonyl (C=O) groups is 1. The molecule has 0 unspecified atom stereocenters. The zero-order valence-corrected chi connectivity index (χ0v) is 13.9. The van der Waals surface area contributed by atoms with Crippen molar-refractivity contribution < 1.29 is 13.6 Å². The molecule has 0 atom stereocenters. The maximum atomic E-state index is 14.1. The minimum atomic E-state index is -0.498. The number of rotatable bonds is 2. The SMILES string of the molecule is N#Cc1ccc(N2CCN(C(=O)c3ccc(F)cc3Cl)CC2)c(F)c1. The molecule has 1 saturated heterocycles. The van der Waals surface area contributed by atoms with Crippen LogP contribution in [0.25, 0.3) is 0 Å². The Balaban J connectivity index is 1.69. The Labute approximate surface area is 148 Å². The Morgan fingerprint density at radius 1 is 1.08 bits per heavy atom. The van der Waals surface area contributed by atoms with Crippen LogP contribution < -0.4 is 4.90 Å². The number of nitrogens with zero attached hydrogens (tertiary/aromatic N) is 3. The van der Waals surface area contributed by atoms with Crippen molar-refractivity contribution in [2.45, 2.75) is 0 Å². The highest BCUT2D eigenvalue weighted by Crippen LogP contribution is 2.24. The fraction of sp³-hybridized carbons (Fsp3) is 0.222. The fourth-order valence-corrected chi connectivity index (χ4v) is 3.06. The lowest BCUT2D eigenvalue weighted by atomic mass is 10.1. The van der Waals surface area contributed by atoms with E-state index in [1.54, 1.807) is 17.0 Å². The minimum absolute atomic E-state index is 0.0746. The summed E-state index contributed by atoms with van der Waals surface area (Å²) >= 11 is 5.94. The Morgan fingerprint density at radius 2 is 1.80 bits per heavy atom. The van der Waals surface area contributed by atoms with Gasteiger partial charge in [0.25, 0.3) is 5.91 Å². The molecule has 1 aliphatic heterocycles. The lowest BCUT2D eigenvalue weighted by Crippen LogP contribution is -2.49. The van der Waals surface area contributed by atoms with E-state index in [2.05, 4.69) is 0 Å². The predicted molar refractivity (Wildman–Crippen MR) is 90.6 cm³/mol. The standard InChI is InChI=1S/C18H14ClF2N3O/c19-15-10-13(20)2-3-14(15)18(25)24-7-5-23(6-8-24)17-4-1-12(11-22)9-16(17)21/h1-4,9-10H,5-8H2. The summed E-state index contributed by atoms with van der Waals surface area (Å²) < 4.78 is 27.2. The molecule has 0 spiro atoms. The molecule has 0 N–H and O–H groups in total. The van der Waals surface area contributed by atoms with Crippen LogP contribution in [0.5, 0.6) is 0 Å². The number of piperazine rings is 1. The molecule has 1 heterocycles. The van der Waals surface area contributed by atoms with Crippen molar-refractivity contribution in [2.75, 3.05) is 31.1 Å². The van der Waals surface area contributed by atoms with Crippen molar-refractivity contribution in [3.8, 4) is 6.07 Å². The van der Waals surface area contributed by atoms with E-state index in [4.69, 9.17) is 16.9 Å². The largest absolute Gasteiger partial charge is 0.366 e. The Bertz CT molecular complexity index is 858. The van der Waals surface area contributed by atoms with Crippen molar-refractivity contribution in [2.24, 2.45) is 0 Å². The summed E-state index contributed by atoms with van der Waals surface area (Å²) in [4.78, 5) is 16.0. The number of benzene rings is 2. The van der Waals surface area contributed by atoms with Gasteiger partial charge in [0.1, 0.15) is 11.6 Å². The van der Waals surface area contributed by atoms with E-state index in [0.29, 0.717) is 31.9 Å². The zero-order chi connectivity index (χ0) is 18.0. The van der Waals surface area contributed by atoms with Crippen LogP contribution in [0.4, 0.5) is 14.5 Å². The van der Waals surface area contributed by atoms with Crippen molar-refractivity contribution in [1.29, 1.82) is 5.26 Å². The summed E-state index contributed by atoms with van der Waals surface area (Å²) in [6.07, 6.45) is 0. The molecule has 0 bridgehead atoms. The van der Waals surface area contributed by atoms with Gasteiger partial charge in [0.15, 0.2) is 0 Å². The van der Waals surface area contributed by atoms with Gasteiger partial charge < -0.3 is 9.80 Å². The summed E-state index contributed by atoms with van der Waals surface area (Å²) in [7, 11) is 0. The molecule has 2 aromatic rings. The lowest BCUT2D eigenvalue weighted by Gasteiger charge is -2.36. The maximum absolute atomic E-state index is 14.1. The van der Waals surface area contributed by atoms with Crippen molar-refractivity contribution in [3.05, 3.63) is 64.2 Å². The van der Waals surface area contributed by atoms with E-state index in [0.717, 1.165) is 6.07 Å². The van der Waals surface area contributed by atoms with Crippen molar-refractivity contribution in [1.82, 2.24) is 4.90 Å². The van der Waals surface area contributed by atoms with E-state index < -0.39 is 11.6 Å². The lowest BCUT2D eigenvalue weighted by molar-refractivity contribution is 0.0747. The highest BCUT2D eigenvalue weighted by Gasteiger charge is 2.25. The molecule has 0 radical (unpaired) electrons. The third-order valence-corrected chi connectivity index (χ3v) is 4.46. The van der Waals surface area contributed by atoms with Gasteiger partial charge in [0, 0.05) is 26.2 Å². The second-order valence-corrected chi connectivity index (χ2v) is 6.09. The van der Waals surface area contributed by atoms with Crippen LogP contribution >= 0.6 is 11.6 Å². The molecule has 2 aromatic carbocycles. The van der Waals surface area contributed by atoms with Gasteiger partial charge in [-0.3, -0.25) is 4.79 Å². The summed E-state index contributed by atoms with van der Waals surface area (Å²) in [5.41, 5.74) is 0.924. The number of nitriles is 1. The van der Waals surface area contributed by atoms with Crippen LogP contribution in [0.15, 0.2) is 36.4 Å². The first-order valence-corrected chi connectivity index (χ1v) is 8.06. The predicted octanol–water partition coefficient (Wildman–Crippen LogP) is 3.45. The smallest absolute Gasteiger partial charge is 0.255 e. The van der Waals surface area contributed by atoms with E-state index >= 15 is 0 Å². The number of halogens is 3. The van der Waals surface area contributed by atoms with Gasteiger partial charge in [0.05, 0.1) is 27.9 Å². The quantitative estimate of drug-likeness (QED) is 0.823. The molecule has 0 saturated carbocycles. The molecule has 4 nitrogen and oxygen atoms in total. The first-order valence-electron chi connectivity index (χ1n) is 7.68. The van der Waals surface area contributed by atoms with E-state index in [1.165, 1.54) is 18.2 Å². The van der Waals surface area contributed by atoms with Crippen LogP contribution in [0.1, 0.15) is 15.9 Å². The first kappa shape index (κ1) is 17.2. The molecule has 1 amide bonds. The average molecular weight is 362 g/mol. The summed E-state index contributed by atoms with van der Waals surface area (Å²) in [6, 6.07) is 9.90. The van der Waals surface area contributed by atoms with Crippen LogP contribution in [0.3, 0.4) is 0 Å². The average Bonchev–Trinajstić information content (AvgIpc) is 2.61. The third-order valence-electron chi connectivity index (χ3n) is 4.15. The molecule has 1 fully saturated rings. The summed E-state index contributed by atoms with van der Waals surface area (Å²) in [5, 5.41) is 8.87. The van der Waals surface area contributed by atoms with E-state index in [9.17, 15) is 13.6 Å². The van der Waals surface area contributed by atoms with Crippen LogP contribution in [-0.4, -0.2) is 37.0 Å². The van der Waals surface area contributed by atoms with Gasteiger partial charge in [-0.15, -0.1) is 0 Å². The van der Waals surface area contributed by atoms with Gasteiger partial charge in [-0.1, -0.05) is 11.6 Å².